The first kappa shape index (κ1) is 20.0. The van der Waals surface area contributed by atoms with Crippen LogP contribution in [0.2, 0.25) is 0 Å². The van der Waals surface area contributed by atoms with Gasteiger partial charge in [0.05, 0.1) is 24.1 Å². The third-order valence-corrected chi connectivity index (χ3v) is 6.59. The molecule has 8 nitrogen and oxygen atoms in total. The van der Waals surface area contributed by atoms with Crippen molar-refractivity contribution in [1.82, 2.24) is 4.57 Å². The molecule has 5 rings (SSSR count). The molecule has 0 bridgehead atoms. The number of benzene rings is 1. The van der Waals surface area contributed by atoms with Crippen molar-refractivity contribution in [3.8, 4) is 23.3 Å². The first-order valence-electron chi connectivity index (χ1n) is 10.0. The first-order valence-corrected chi connectivity index (χ1v) is 10.8. The number of nitrogens with zero attached hydrogens (tertiary/aromatic N) is 2. The lowest BCUT2D eigenvalue weighted by Gasteiger charge is -2.28. The summed E-state index contributed by atoms with van der Waals surface area (Å²) >= 11 is 3.56. The van der Waals surface area contributed by atoms with Crippen LogP contribution in [-0.4, -0.2) is 24.1 Å². The Labute approximate surface area is 186 Å². The van der Waals surface area contributed by atoms with Crippen LogP contribution in [0.5, 0.6) is 17.2 Å². The van der Waals surface area contributed by atoms with E-state index >= 15 is 0 Å². The SMILES string of the molecule is Cc1cc2c(c(=O)n1CC1CCCO1)C(c1cc3c(cc1Br)OCO3)C(C#N)=C(N)O2. The van der Waals surface area contributed by atoms with Crippen molar-refractivity contribution in [2.24, 2.45) is 5.73 Å². The van der Waals surface area contributed by atoms with Gasteiger partial charge in [-0.15, -0.1) is 0 Å². The minimum absolute atomic E-state index is 0.00858. The predicted octanol–water partition coefficient (Wildman–Crippen LogP) is 3.05. The number of nitrogens with two attached hydrogens (primary N) is 1. The van der Waals surface area contributed by atoms with Crippen LogP contribution >= 0.6 is 15.9 Å². The van der Waals surface area contributed by atoms with Crippen molar-refractivity contribution in [1.29, 1.82) is 5.26 Å². The zero-order chi connectivity index (χ0) is 21.7. The highest BCUT2D eigenvalue weighted by Crippen LogP contribution is 2.46. The summed E-state index contributed by atoms with van der Waals surface area (Å²) in [6.07, 6.45) is 1.88. The van der Waals surface area contributed by atoms with Crippen molar-refractivity contribution in [2.75, 3.05) is 13.4 Å². The molecule has 160 valence electrons. The molecule has 1 saturated heterocycles. The molecule has 2 N–H and O–H groups in total. The first-order chi connectivity index (χ1) is 15.0. The van der Waals surface area contributed by atoms with E-state index in [2.05, 4.69) is 22.0 Å². The number of halogens is 1. The Bertz CT molecular complexity index is 1210. The minimum atomic E-state index is -0.707. The molecule has 2 unspecified atom stereocenters. The molecule has 0 amide bonds. The molecule has 0 saturated carbocycles. The Morgan fingerprint density at radius 2 is 2.03 bits per heavy atom. The highest BCUT2D eigenvalue weighted by molar-refractivity contribution is 9.10. The second-order valence-corrected chi connectivity index (χ2v) is 8.62. The van der Waals surface area contributed by atoms with E-state index in [-0.39, 0.29) is 29.9 Å². The predicted molar refractivity (Wildman–Crippen MR) is 114 cm³/mol. The molecule has 0 radical (unpaired) electrons. The quantitative estimate of drug-likeness (QED) is 0.711. The van der Waals surface area contributed by atoms with Crippen LogP contribution in [0, 0.1) is 18.3 Å². The number of aryl methyl sites for hydroxylation is 1. The smallest absolute Gasteiger partial charge is 0.258 e. The molecule has 31 heavy (non-hydrogen) atoms. The van der Waals surface area contributed by atoms with Gasteiger partial charge in [-0.3, -0.25) is 4.79 Å². The molecule has 1 fully saturated rings. The average molecular weight is 486 g/mol. The van der Waals surface area contributed by atoms with Crippen molar-refractivity contribution >= 4 is 15.9 Å². The maximum Gasteiger partial charge on any atom is 0.258 e. The lowest BCUT2D eigenvalue weighted by molar-refractivity contribution is 0.0955. The highest BCUT2D eigenvalue weighted by atomic mass is 79.9. The molecule has 0 spiro atoms. The number of fused-ring (bicyclic) bond motifs is 2. The molecule has 2 aromatic rings. The Kier molecular flexibility index (Phi) is 4.91. The van der Waals surface area contributed by atoms with Gasteiger partial charge >= 0.3 is 0 Å². The van der Waals surface area contributed by atoms with Gasteiger partial charge in [0.15, 0.2) is 11.5 Å². The molecular weight excluding hydrogens is 466 g/mol. The summed E-state index contributed by atoms with van der Waals surface area (Å²) in [4.78, 5) is 13.7. The zero-order valence-corrected chi connectivity index (χ0v) is 18.4. The molecular formula is C22H20BrN3O5. The summed E-state index contributed by atoms with van der Waals surface area (Å²) in [5.74, 6) is 0.783. The lowest BCUT2D eigenvalue weighted by Crippen LogP contribution is -2.35. The van der Waals surface area contributed by atoms with Crippen LogP contribution in [0.4, 0.5) is 0 Å². The van der Waals surface area contributed by atoms with E-state index < -0.39 is 5.92 Å². The fourth-order valence-corrected chi connectivity index (χ4v) is 4.92. The molecule has 9 heteroatoms. The van der Waals surface area contributed by atoms with Gasteiger partial charge in [0.1, 0.15) is 17.4 Å². The number of rotatable bonds is 3. The van der Waals surface area contributed by atoms with E-state index in [1.807, 2.05) is 6.92 Å². The Hall–Kier alpha value is -2.96. The molecule has 1 aromatic carbocycles. The standard InChI is InChI=1S/C22H20BrN3O5/c1-11-5-18-20(22(27)26(11)9-12-3-2-4-28-12)19(14(8-24)21(25)31-18)13-6-16-17(7-15(13)23)30-10-29-16/h5-7,12,19H,2-4,9-10,25H2,1H3. The van der Waals surface area contributed by atoms with Gasteiger partial charge in [0, 0.05) is 22.8 Å². The fraction of sp³-hybridized carbons (Fsp3) is 0.364. The molecule has 3 aliphatic heterocycles. The van der Waals surface area contributed by atoms with Gasteiger partial charge in [-0.05, 0) is 37.5 Å². The zero-order valence-electron chi connectivity index (χ0n) is 16.8. The van der Waals surface area contributed by atoms with E-state index in [9.17, 15) is 10.1 Å². The maximum absolute atomic E-state index is 13.7. The van der Waals surface area contributed by atoms with Gasteiger partial charge in [-0.25, -0.2) is 0 Å². The highest BCUT2D eigenvalue weighted by Gasteiger charge is 2.36. The van der Waals surface area contributed by atoms with E-state index in [0.717, 1.165) is 18.5 Å². The number of nitriles is 1. The second-order valence-electron chi connectivity index (χ2n) is 7.77. The third kappa shape index (κ3) is 3.27. The van der Waals surface area contributed by atoms with Crippen LogP contribution in [0.1, 0.15) is 35.6 Å². The summed E-state index contributed by atoms with van der Waals surface area (Å²) in [7, 11) is 0. The summed E-state index contributed by atoms with van der Waals surface area (Å²) in [5, 5.41) is 9.88. The van der Waals surface area contributed by atoms with Crippen LogP contribution in [0.25, 0.3) is 0 Å². The largest absolute Gasteiger partial charge is 0.454 e. The molecule has 1 aromatic heterocycles. The average Bonchev–Trinajstić information content (AvgIpc) is 3.41. The normalized spacial score (nSPS) is 21.6. The minimum Gasteiger partial charge on any atom is -0.454 e. The fourth-order valence-electron chi connectivity index (χ4n) is 4.37. The second kappa shape index (κ2) is 7.62. The molecule has 4 heterocycles. The Morgan fingerprint density at radius 1 is 1.26 bits per heavy atom. The number of hydrogen-bond donors (Lipinski definition) is 1. The van der Waals surface area contributed by atoms with Crippen molar-refractivity contribution in [3.63, 3.8) is 0 Å². The van der Waals surface area contributed by atoms with E-state index in [1.54, 1.807) is 22.8 Å². The Balaban J connectivity index is 1.70. The maximum atomic E-state index is 13.7. The van der Waals surface area contributed by atoms with Crippen LogP contribution in [0.15, 0.2) is 38.9 Å². The van der Waals surface area contributed by atoms with Crippen molar-refractivity contribution < 1.29 is 18.9 Å². The summed E-state index contributed by atoms with van der Waals surface area (Å²) in [5.41, 5.74) is 7.85. The van der Waals surface area contributed by atoms with Crippen molar-refractivity contribution in [2.45, 2.75) is 38.3 Å². The third-order valence-electron chi connectivity index (χ3n) is 5.90. The monoisotopic (exact) mass is 485 g/mol. The summed E-state index contributed by atoms with van der Waals surface area (Å²) < 4.78 is 24.8. The number of ether oxygens (including phenoxy) is 4. The number of hydrogen-bond acceptors (Lipinski definition) is 7. The van der Waals surface area contributed by atoms with Gasteiger partial charge in [-0.1, -0.05) is 15.9 Å². The molecule has 3 aliphatic rings. The van der Waals surface area contributed by atoms with Gasteiger partial charge in [-0.2, -0.15) is 5.26 Å². The molecule has 2 atom stereocenters. The topological polar surface area (TPSA) is 109 Å². The van der Waals surface area contributed by atoms with Crippen LogP contribution in [0.3, 0.4) is 0 Å². The van der Waals surface area contributed by atoms with E-state index in [0.29, 0.717) is 46.0 Å². The van der Waals surface area contributed by atoms with E-state index in [4.69, 9.17) is 24.7 Å². The summed E-state index contributed by atoms with van der Waals surface area (Å²) in [6.45, 7) is 3.13. The van der Waals surface area contributed by atoms with Crippen LogP contribution < -0.4 is 25.5 Å². The number of pyridine rings is 1. The Morgan fingerprint density at radius 3 is 2.74 bits per heavy atom. The van der Waals surface area contributed by atoms with Gasteiger partial charge in [0.25, 0.3) is 5.56 Å². The number of allylic oxidation sites excluding steroid dienone is 1. The van der Waals surface area contributed by atoms with Crippen molar-refractivity contribution in [3.05, 3.63) is 61.3 Å². The van der Waals surface area contributed by atoms with Gasteiger partial charge in [0.2, 0.25) is 12.7 Å². The van der Waals surface area contributed by atoms with E-state index in [1.165, 1.54) is 0 Å². The molecule has 0 aliphatic carbocycles. The van der Waals surface area contributed by atoms with Gasteiger partial charge < -0.3 is 29.2 Å². The van der Waals surface area contributed by atoms with Crippen LogP contribution in [-0.2, 0) is 11.3 Å². The number of aromatic nitrogens is 1. The lowest BCUT2D eigenvalue weighted by atomic mass is 9.83. The summed E-state index contributed by atoms with van der Waals surface area (Å²) in [6, 6.07) is 7.48.